The number of nitrogens with zero attached hydrogens (tertiary/aromatic N) is 3. The van der Waals surface area contributed by atoms with E-state index in [1.165, 1.54) is 30.0 Å². The Balaban J connectivity index is 2.61. The SMILES string of the molecule is CSc1nnc(N/N=C(/C)C(=O)O)s1. The molecule has 14 heavy (non-hydrogen) atoms. The van der Waals surface area contributed by atoms with E-state index in [4.69, 9.17) is 5.11 Å². The van der Waals surface area contributed by atoms with Gasteiger partial charge in [-0.15, -0.1) is 10.2 Å². The topological polar surface area (TPSA) is 87.5 Å². The summed E-state index contributed by atoms with van der Waals surface area (Å²) in [7, 11) is 0. The molecule has 1 rings (SSSR count). The van der Waals surface area contributed by atoms with Crippen molar-refractivity contribution < 1.29 is 9.90 Å². The van der Waals surface area contributed by atoms with Gasteiger partial charge in [0.1, 0.15) is 5.71 Å². The molecular weight excluding hydrogens is 224 g/mol. The van der Waals surface area contributed by atoms with E-state index in [0.717, 1.165) is 4.34 Å². The minimum atomic E-state index is -1.06. The molecule has 0 radical (unpaired) electrons. The Bertz CT molecular complexity index is 362. The maximum atomic E-state index is 10.4. The van der Waals surface area contributed by atoms with Gasteiger partial charge in [-0.2, -0.15) is 5.10 Å². The van der Waals surface area contributed by atoms with Crippen LogP contribution in [0.3, 0.4) is 0 Å². The van der Waals surface area contributed by atoms with E-state index in [1.807, 2.05) is 6.26 Å². The molecular formula is C6H8N4O2S2. The lowest BCUT2D eigenvalue weighted by Crippen LogP contribution is -2.10. The van der Waals surface area contributed by atoms with Crippen molar-refractivity contribution in [3.8, 4) is 0 Å². The summed E-state index contributed by atoms with van der Waals surface area (Å²) >= 11 is 2.79. The largest absolute Gasteiger partial charge is 0.477 e. The van der Waals surface area contributed by atoms with Gasteiger partial charge in [0.15, 0.2) is 4.34 Å². The third-order valence-corrected chi connectivity index (χ3v) is 3.01. The lowest BCUT2D eigenvalue weighted by Gasteiger charge is -1.93. The van der Waals surface area contributed by atoms with Gasteiger partial charge in [-0.25, -0.2) is 4.79 Å². The van der Waals surface area contributed by atoms with Crippen molar-refractivity contribution in [3.63, 3.8) is 0 Å². The second-order valence-electron chi connectivity index (χ2n) is 2.19. The van der Waals surface area contributed by atoms with Crippen LogP contribution in [0, 0.1) is 0 Å². The predicted octanol–water partition coefficient (Wildman–Crippen LogP) is 1.13. The van der Waals surface area contributed by atoms with E-state index in [1.54, 1.807) is 0 Å². The van der Waals surface area contributed by atoms with Crippen LogP contribution in [-0.2, 0) is 4.79 Å². The summed E-state index contributed by atoms with van der Waals surface area (Å²) in [6.45, 7) is 1.39. The molecule has 76 valence electrons. The molecule has 0 aliphatic carbocycles. The minimum Gasteiger partial charge on any atom is -0.477 e. The van der Waals surface area contributed by atoms with E-state index in [2.05, 4.69) is 20.7 Å². The molecule has 0 saturated carbocycles. The molecule has 0 amide bonds. The molecule has 8 heteroatoms. The third-order valence-electron chi connectivity index (χ3n) is 1.21. The fraction of sp³-hybridized carbons (Fsp3) is 0.333. The summed E-state index contributed by atoms with van der Waals surface area (Å²) in [4.78, 5) is 10.4. The van der Waals surface area contributed by atoms with Crippen LogP contribution in [0.1, 0.15) is 6.92 Å². The van der Waals surface area contributed by atoms with Gasteiger partial charge in [-0.3, -0.25) is 5.43 Å². The van der Waals surface area contributed by atoms with E-state index in [9.17, 15) is 4.79 Å². The highest BCUT2D eigenvalue weighted by Crippen LogP contribution is 2.22. The number of anilines is 1. The zero-order valence-electron chi connectivity index (χ0n) is 7.51. The summed E-state index contributed by atoms with van der Waals surface area (Å²) < 4.78 is 0.802. The average molecular weight is 232 g/mol. The highest BCUT2D eigenvalue weighted by Gasteiger charge is 2.03. The first-order chi connectivity index (χ1) is 6.63. The molecule has 0 atom stereocenters. The Morgan fingerprint density at radius 2 is 2.36 bits per heavy atom. The molecule has 0 saturated heterocycles. The maximum Gasteiger partial charge on any atom is 0.351 e. The molecule has 0 spiro atoms. The number of carbonyl (C=O) groups is 1. The second kappa shape index (κ2) is 4.91. The Morgan fingerprint density at radius 1 is 1.64 bits per heavy atom. The first-order valence-electron chi connectivity index (χ1n) is 3.54. The zero-order valence-corrected chi connectivity index (χ0v) is 9.15. The first kappa shape index (κ1) is 10.9. The molecule has 0 fully saturated rings. The van der Waals surface area contributed by atoms with Crippen LogP contribution in [0.25, 0.3) is 0 Å². The average Bonchev–Trinajstić information content (AvgIpc) is 2.61. The van der Waals surface area contributed by atoms with Crippen molar-refractivity contribution in [2.75, 3.05) is 11.7 Å². The minimum absolute atomic E-state index is 0.0223. The number of aromatic nitrogens is 2. The quantitative estimate of drug-likeness (QED) is 0.459. The van der Waals surface area contributed by atoms with Crippen molar-refractivity contribution >= 4 is 39.9 Å². The van der Waals surface area contributed by atoms with E-state index < -0.39 is 5.97 Å². The Labute approximate surface area is 88.4 Å². The fourth-order valence-electron chi connectivity index (χ4n) is 0.517. The number of carboxylic acid groups (broad SMARTS) is 1. The van der Waals surface area contributed by atoms with Crippen molar-refractivity contribution in [2.45, 2.75) is 11.3 Å². The Kier molecular flexibility index (Phi) is 3.84. The molecule has 0 aliphatic rings. The monoisotopic (exact) mass is 232 g/mol. The van der Waals surface area contributed by atoms with Crippen molar-refractivity contribution in [1.82, 2.24) is 10.2 Å². The molecule has 1 aromatic heterocycles. The van der Waals surface area contributed by atoms with Gasteiger partial charge in [0.2, 0.25) is 5.13 Å². The first-order valence-corrected chi connectivity index (χ1v) is 5.58. The van der Waals surface area contributed by atoms with Crippen LogP contribution in [0.15, 0.2) is 9.44 Å². The smallest absolute Gasteiger partial charge is 0.351 e. The summed E-state index contributed by atoms with van der Waals surface area (Å²) in [5.74, 6) is -1.06. The van der Waals surface area contributed by atoms with E-state index >= 15 is 0 Å². The summed E-state index contributed by atoms with van der Waals surface area (Å²) in [6, 6.07) is 0. The van der Waals surface area contributed by atoms with Crippen molar-refractivity contribution in [3.05, 3.63) is 0 Å². The Morgan fingerprint density at radius 3 is 2.86 bits per heavy atom. The number of thioether (sulfide) groups is 1. The van der Waals surface area contributed by atoms with Gasteiger partial charge >= 0.3 is 5.97 Å². The number of carboxylic acids is 1. The van der Waals surface area contributed by atoms with Gasteiger partial charge in [-0.05, 0) is 13.2 Å². The number of nitrogens with one attached hydrogen (secondary N) is 1. The van der Waals surface area contributed by atoms with Crippen LogP contribution in [-0.4, -0.2) is 33.2 Å². The molecule has 1 heterocycles. The van der Waals surface area contributed by atoms with Crippen LogP contribution >= 0.6 is 23.1 Å². The van der Waals surface area contributed by atoms with Crippen LogP contribution in [0.2, 0.25) is 0 Å². The van der Waals surface area contributed by atoms with Gasteiger partial charge in [0.05, 0.1) is 0 Å². The third kappa shape index (κ3) is 2.96. The van der Waals surface area contributed by atoms with Crippen LogP contribution in [0.5, 0.6) is 0 Å². The van der Waals surface area contributed by atoms with Crippen LogP contribution < -0.4 is 5.43 Å². The summed E-state index contributed by atoms with van der Waals surface area (Å²) in [5.41, 5.74) is 2.50. The molecule has 0 aliphatic heterocycles. The van der Waals surface area contributed by atoms with Gasteiger partial charge in [0.25, 0.3) is 0 Å². The number of aliphatic carboxylic acids is 1. The summed E-state index contributed by atoms with van der Waals surface area (Å²) in [5, 5.41) is 20.2. The number of hydrogen-bond acceptors (Lipinski definition) is 7. The number of hydrogen-bond donors (Lipinski definition) is 2. The van der Waals surface area contributed by atoms with Gasteiger partial charge in [0, 0.05) is 0 Å². The molecule has 1 aromatic rings. The Hall–Kier alpha value is -1.15. The standard InChI is InChI=1S/C6H8N4O2S2/c1-3(4(11)12)7-8-5-9-10-6(13-2)14-5/h1-2H3,(H,8,9)(H,11,12)/b7-3-. The van der Waals surface area contributed by atoms with E-state index in [-0.39, 0.29) is 5.71 Å². The molecule has 2 N–H and O–H groups in total. The molecule has 6 nitrogen and oxygen atoms in total. The number of hydrazone groups is 1. The highest BCUT2D eigenvalue weighted by molar-refractivity contribution is 8.00. The number of rotatable bonds is 4. The molecule has 0 bridgehead atoms. The van der Waals surface area contributed by atoms with Crippen LogP contribution in [0.4, 0.5) is 5.13 Å². The predicted molar refractivity (Wildman–Crippen MR) is 56.1 cm³/mol. The fourth-order valence-corrected chi connectivity index (χ4v) is 1.63. The summed E-state index contributed by atoms with van der Waals surface area (Å²) in [6.07, 6.45) is 1.88. The van der Waals surface area contributed by atoms with Crippen molar-refractivity contribution in [1.29, 1.82) is 0 Å². The highest BCUT2D eigenvalue weighted by atomic mass is 32.2. The van der Waals surface area contributed by atoms with Gasteiger partial charge in [-0.1, -0.05) is 23.1 Å². The zero-order chi connectivity index (χ0) is 10.6. The van der Waals surface area contributed by atoms with Crippen molar-refractivity contribution in [2.24, 2.45) is 5.10 Å². The molecule has 0 unspecified atom stereocenters. The van der Waals surface area contributed by atoms with Gasteiger partial charge < -0.3 is 5.11 Å². The lowest BCUT2D eigenvalue weighted by atomic mass is 10.4. The van der Waals surface area contributed by atoms with E-state index in [0.29, 0.717) is 5.13 Å². The lowest BCUT2D eigenvalue weighted by molar-refractivity contribution is -0.129. The molecule has 0 aromatic carbocycles. The normalized spacial score (nSPS) is 11.4. The maximum absolute atomic E-state index is 10.4. The second-order valence-corrected chi connectivity index (χ2v) is 4.22.